The highest BCUT2D eigenvalue weighted by molar-refractivity contribution is 5.66. The van der Waals surface area contributed by atoms with Gasteiger partial charge in [0.05, 0.1) is 0 Å². The summed E-state index contributed by atoms with van der Waals surface area (Å²) in [7, 11) is 0. The van der Waals surface area contributed by atoms with Gasteiger partial charge in [0.15, 0.2) is 17.2 Å². The molecule has 1 N–H and O–H groups in total. The van der Waals surface area contributed by atoms with Crippen molar-refractivity contribution in [2.75, 3.05) is 0 Å². The summed E-state index contributed by atoms with van der Waals surface area (Å²) in [5.74, 6) is -0.114. The van der Waals surface area contributed by atoms with E-state index >= 15 is 0 Å². The summed E-state index contributed by atoms with van der Waals surface area (Å²) in [6.07, 6.45) is 0. The Bertz CT molecular complexity index is 803. The van der Waals surface area contributed by atoms with Crippen LogP contribution in [0.2, 0.25) is 0 Å². The van der Waals surface area contributed by atoms with E-state index in [0.717, 1.165) is 0 Å². The number of aromatic amines is 1. The summed E-state index contributed by atoms with van der Waals surface area (Å²) in [4.78, 5) is 9.15. The van der Waals surface area contributed by atoms with Crippen LogP contribution in [0.4, 0.5) is 11.6 Å². The van der Waals surface area contributed by atoms with Crippen molar-refractivity contribution in [1.29, 1.82) is 0 Å². The van der Waals surface area contributed by atoms with Crippen LogP contribution in [0.1, 0.15) is 0 Å². The van der Waals surface area contributed by atoms with Crippen LogP contribution < -0.4 is 0 Å². The summed E-state index contributed by atoms with van der Waals surface area (Å²) in [5, 5.41) is 26.7. The average Bonchev–Trinajstić information content (AvgIpc) is 3.17. The first kappa shape index (κ1) is 12.1. The van der Waals surface area contributed by atoms with E-state index in [1.165, 1.54) is 0 Å². The molecule has 0 aromatic carbocycles. The zero-order valence-corrected chi connectivity index (χ0v) is 9.68. The van der Waals surface area contributed by atoms with Gasteiger partial charge in [0.2, 0.25) is 17.5 Å². The lowest BCUT2D eigenvalue weighted by Gasteiger charge is -1.86. The van der Waals surface area contributed by atoms with Crippen LogP contribution in [-0.2, 0) is 0 Å². The Hall–Kier alpha value is -3.96. The highest BCUT2D eigenvalue weighted by atomic mass is 16.6. The zero-order valence-electron chi connectivity index (χ0n) is 9.68. The van der Waals surface area contributed by atoms with Gasteiger partial charge in [-0.15, -0.1) is 0 Å². The summed E-state index contributed by atoms with van der Waals surface area (Å²) in [5.41, 5.74) is 16.8. The first-order chi connectivity index (χ1) is 10.3. The van der Waals surface area contributed by atoms with E-state index in [1.807, 2.05) is 0 Å². The van der Waals surface area contributed by atoms with Crippen molar-refractivity contribution >= 4 is 11.6 Å². The highest BCUT2D eigenvalue weighted by Gasteiger charge is 2.20. The number of nitrogens with one attached hydrogen (secondary N) is 1. The van der Waals surface area contributed by atoms with E-state index in [1.54, 1.807) is 0 Å². The van der Waals surface area contributed by atoms with Crippen LogP contribution in [0.5, 0.6) is 0 Å². The molecule has 0 unspecified atom stereocenters. The van der Waals surface area contributed by atoms with Crippen LogP contribution in [0.15, 0.2) is 19.5 Å². The molecule has 3 aromatic rings. The molecule has 0 bridgehead atoms. The molecule has 21 heavy (non-hydrogen) atoms. The van der Waals surface area contributed by atoms with Crippen LogP contribution in [0.3, 0.4) is 0 Å². The minimum absolute atomic E-state index is 0.0251. The second kappa shape index (κ2) is 4.96. The van der Waals surface area contributed by atoms with Crippen molar-refractivity contribution in [2.24, 2.45) is 10.2 Å². The molecule has 0 saturated heterocycles. The molecule has 0 aliphatic heterocycles. The fourth-order valence-corrected chi connectivity index (χ4v) is 1.35. The first-order valence-corrected chi connectivity index (χ1v) is 5.02. The molecule has 0 atom stereocenters. The van der Waals surface area contributed by atoms with Gasteiger partial charge in [-0.2, -0.15) is 5.10 Å². The Morgan fingerprint density at radius 2 is 1.52 bits per heavy atom. The third kappa shape index (κ3) is 2.07. The highest BCUT2D eigenvalue weighted by Crippen LogP contribution is 2.28. The second-order valence-corrected chi connectivity index (χ2v) is 3.26. The predicted molar refractivity (Wildman–Crippen MR) is 60.6 cm³/mol. The number of aromatic nitrogens is 7. The first-order valence-electron chi connectivity index (χ1n) is 5.02. The van der Waals surface area contributed by atoms with Crippen LogP contribution >= 0.6 is 0 Å². The number of nitrogens with zero attached hydrogens (tertiary/aromatic N) is 12. The van der Waals surface area contributed by atoms with Gasteiger partial charge < -0.3 is 0 Å². The van der Waals surface area contributed by atoms with E-state index in [-0.39, 0.29) is 34.7 Å². The Labute approximate surface area is 112 Å². The van der Waals surface area contributed by atoms with Crippen molar-refractivity contribution in [3.05, 3.63) is 20.9 Å². The Kier molecular flexibility index (Phi) is 2.86. The molecule has 15 heteroatoms. The second-order valence-electron chi connectivity index (χ2n) is 3.26. The van der Waals surface area contributed by atoms with Crippen molar-refractivity contribution in [3.63, 3.8) is 0 Å². The lowest BCUT2D eigenvalue weighted by atomic mass is 10.4. The van der Waals surface area contributed by atoms with E-state index < -0.39 is 0 Å². The molecular weight excluding hydrogens is 286 g/mol. The SMILES string of the molecule is [N-]=[N+]=Nc1nonc1-c1n[nH]c(-c2nonc2N=[N+]=[N-])n1. The van der Waals surface area contributed by atoms with Gasteiger partial charge in [0.1, 0.15) is 0 Å². The third-order valence-electron chi connectivity index (χ3n) is 2.14. The fourth-order valence-electron chi connectivity index (χ4n) is 1.35. The third-order valence-corrected chi connectivity index (χ3v) is 2.14. The van der Waals surface area contributed by atoms with E-state index in [9.17, 15) is 0 Å². The molecule has 0 fully saturated rings. The molecule has 0 spiro atoms. The van der Waals surface area contributed by atoms with Crippen molar-refractivity contribution in [3.8, 4) is 23.0 Å². The van der Waals surface area contributed by atoms with Gasteiger partial charge in [-0.3, -0.25) is 5.10 Å². The van der Waals surface area contributed by atoms with Gasteiger partial charge in [-0.1, -0.05) is 0 Å². The number of hydrogen-bond donors (Lipinski definition) is 1. The van der Waals surface area contributed by atoms with Crippen molar-refractivity contribution in [2.45, 2.75) is 0 Å². The van der Waals surface area contributed by atoms with Crippen LogP contribution in [0, 0.1) is 0 Å². The van der Waals surface area contributed by atoms with E-state index in [2.05, 4.69) is 65.1 Å². The van der Waals surface area contributed by atoms with Crippen molar-refractivity contribution < 1.29 is 9.26 Å². The van der Waals surface area contributed by atoms with Crippen LogP contribution in [0.25, 0.3) is 43.9 Å². The Balaban J connectivity index is 2.04. The molecule has 0 radical (unpaired) electrons. The largest absolute Gasteiger partial charge is 0.257 e. The van der Waals surface area contributed by atoms with Gasteiger partial charge in [-0.25, -0.2) is 14.2 Å². The predicted octanol–water partition coefficient (Wildman–Crippen LogP) is 1.79. The molecular formula is C6HN13O2. The molecule has 3 rings (SSSR count). The maximum atomic E-state index is 8.39. The summed E-state index contributed by atoms with van der Waals surface area (Å²) in [6, 6.07) is 0. The Morgan fingerprint density at radius 1 is 0.905 bits per heavy atom. The van der Waals surface area contributed by atoms with Crippen LogP contribution in [-0.4, -0.2) is 35.8 Å². The lowest BCUT2D eigenvalue weighted by molar-refractivity contribution is 0.309. The number of rotatable bonds is 4. The average molecular weight is 287 g/mol. The van der Waals surface area contributed by atoms with Gasteiger partial charge >= 0.3 is 0 Å². The Morgan fingerprint density at radius 3 is 2.19 bits per heavy atom. The maximum absolute atomic E-state index is 8.39. The zero-order chi connectivity index (χ0) is 14.7. The fraction of sp³-hybridized carbons (Fsp3) is 0. The summed E-state index contributed by atoms with van der Waals surface area (Å²) >= 11 is 0. The molecule has 0 aliphatic rings. The lowest BCUT2D eigenvalue weighted by Crippen LogP contribution is -1.82. The number of hydrogen-bond acceptors (Lipinski definition) is 10. The molecule has 0 aliphatic carbocycles. The smallest absolute Gasteiger partial charge is 0.205 e. The summed E-state index contributed by atoms with van der Waals surface area (Å²) in [6.45, 7) is 0. The molecule has 0 amide bonds. The molecule has 3 heterocycles. The standard InChI is InChI=1S/C6HN13O2/c7-18-12-5-1(14-20-16-5)3-9-4(11-10-3)2-6(13-19-8)17-21-15-2/h(H,9,10,11). The van der Waals surface area contributed by atoms with Gasteiger partial charge in [-0.05, 0) is 41.9 Å². The monoisotopic (exact) mass is 287 g/mol. The number of azide groups is 2. The summed E-state index contributed by atoms with van der Waals surface area (Å²) < 4.78 is 8.89. The maximum Gasteiger partial charge on any atom is 0.205 e. The molecule has 0 saturated carbocycles. The van der Waals surface area contributed by atoms with Gasteiger partial charge in [0.25, 0.3) is 0 Å². The molecule has 3 aromatic heterocycles. The van der Waals surface area contributed by atoms with Gasteiger partial charge in [0, 0.05) is 9.82 Å². The van der Waals surface area contributed by atoms with E-state index in [4.69, 9.17) is 11.1 Å². The topological polar surface area (TPSA) is 217 Å². The molecule has 102 valence electrons. The van der Waals surface area contributed by atoms with Crippen molar-refractivity contribution in [1.82, 2.24) is 35.8 Å². The minimum Gasteiger partial charge on any atom is -0.257 e. The number of H-pyrrole nitrogens is 1. The quantitative estimate of drug-likeness (QED) is 0.422. The molecule has 15 nitrogen and oxygen atoms in total. The minimum atomic E-state index is -0.128. The normalized spacial score (nSPS) is 9.90. The van der Waals surface area contributed by atoms with E-state index in [0.29, 0.717) is 0 Å².